The van der Waals surface area contributed by atoms with Crippen LogP contribution in [0.2, 0.25) is 0 Å². The number of aliphatic hydroxyl groups excluding tert-OH is 3. The van der Waals surface area contributed by atoms with Crippen molar-refractivity contribution in [1.29, 1.82) is 0 Å². The lowest BCUT2D eigenvalue weighted by Gasteiger charge is -2.32. The number of hydrogen-bond acceptors (Lipinski definition) is 7. The lowest BCUT2D eigenvalue weighted by molar-refractivity contribution is -0.163. The fourth-order valence-electron chi connectivity index (χ4n) is 2.41. The number of amides is 1. The second kappa shape index (κ2) is 5.41. The highest BCUT2D eigenvalue weighted by atomic mass is 16.6. The number of aromatic nitrogens is 2. The number of carbonyl (C=O) groups excluding carboxylic acids is 1. The zero-order valence-corrected chi connectivity index (χ0v) is 10.8. The van der Waals surface area contributed by atoms with Gasteiger partial charge in [0.25, 0.3) is 5.56 Å². The van der Waals surface area contributed by atoms with Crippen LogP contribution in [0.1, 0.15) is 6.42 Å². The van der Waals surface area contributed by atoms with E-state index in [1.54, 1.807) is 0 Å². The number of nitrogens with one attached hydrogen (secondary N) is 1. The van der Waals surface area contributed by atoms with E-state index in [0.717, 1.165) is 16.8 Å². The zero-order valence-electron chi connectivity index (χ0n) is 10.8. The Labute approximate surface area is 117 Å². The largest absolute Gasteiger partial charge is 0.394 e. The number of primary amides is 1. The van der Waals surface area contributed by atoms with Gasteiger partial charge in [-0.3, -0.25) is 19.1 Å². The Bertz CT molecular complexity index is 654. The zero-order chi connectivity index (χ0) is 15.8. The maximum absolute atomic E-state index is 11.9. The van der Waals surface area contributed by atoms with Crippen LogP contribution in [0.25, 0.3) is 0 Å². The Balaban J connectivity index is 2.60. The molecular weight excluding hydrogens is 286 g/mol. The molecule has 0 unspecified atom stereocenters. The van der Waals surface area contributed by atoms with E-state index in [1.165, 1.54) is 0 Å². The Morgan fingerprint density at radius 2 is 2.14 bits per heavy atom. The number of nitrogens with two attached hydrogens (primary N) is 1. The molecular formula is C11H15N3O7. The maximum atomic E-state index is 11.9. The van der Waals surface area contributed by atoms with Crippen LogP contribution in [0.4, 0.5) is 0 Å². The van der Waals surface area contributed by atoms with Crippen LogP contribution >= 0.6 is 0 Å². The molecule has 0 saturated carbocycles. The molecule has 116 valence electrons. The molecule has 1 aromatic rings. The van der Waals surface area contributed by atoms with Crippen molar-refractivity contribution in [2.24, 2.45) is 5.73 Å². The van der Waals surface area contributed by atoms with E-state index < -0.39 is 54.2 Å². The predicted octanol–water partition coefficient (Wildman–Crippen LogP) is -3.82. The summed E-state index contributed by atoms with van der Waals surface area (Å²) in [4.78, 5) is 36.2. The van der Waals surface area contributed by atoms with Crippen molar-refractivity contribution < 1.29 is 24.9 Å². The Hall–Kier alpha value is -2.01. The van der Waals surface area contributed by atoms with E-state index in [1.807, 2.05) is 4.98 Å². The molecule has 10 heteroatoms. The van der Waals surface area contributed by atoms with Crippen LogP contribution in [-0.4, -0.2) is 55.7 Å². The number of aromatic amines is 1. The van der Waals surface area contributed by atoms with Gasteiger partial charge in [0.05, 0.1) is 13.0 Å². The third kappa shape index (κ3) is 2.49. The van der Waals surface area contributed by atoms with Gasteiger partial charge in [0.2, 0.25) is 5.91 Å². The van der Waals surface area contributed by atoms with E-state index >= 15 is 0 Å². The first-order valence-corrected chi connectivity index (χ1v) is 6.07. The van der Waals surface area contributed by atoms with E-state index in [4.69, 9.17) is 15.6 Å². The van der Waals surface area contributed by atoms with Gasteiger partial charge >= 0.3 is 5.69 Å². The van der Waals surface area contributed by atoms with Gasteiger partial charge in [-0.25, -0.2) is 4.79 Å². The van der Waals surface area contributed by atoms with Crippen molar-refractivity contribution in [3.8, 4) is 0 Å². The van der Waals surface area contributed by atoms with Crippen molar-refractivity contribution >= 4 is 5.91 Å². The number of carbonyl (C=O) groups is 1. The molecule has 2 rings (SSSR count). The first-order valence-electron chi connectivity index (χ1n) is 6.07. The number of nitrogens with zero attached hydrogens (tertiary/aromatic N) is 1. The monoisotopic (exact) mass is 301 g/mol. The first kappa shape index (κ1) is 15.4. The van der Waals surface area contributed by atoms with Gasteiger partial charge < -0.3 is 25.8 Å². The van der Waals surface area contributed by atoms with Crippen LogP contribution in [0.3, 0.4) is 0 Å². The quantitative estimate of drug-likeness (QED) is 0.379. The molecule has 1 aliphatic rings. The third-order valence-corrected chi connectivity index (χ3v) is 3.36. The highest BCUT2D eigenvalue weighted by Gasteiger charge is 2.56. The summed E-state index contributed by atoms with van der Waals surface area (Å²) in [6.45, 7) is -0.642. The molecule has 1 aromatic heterocycles. The molecule has 10 nitrogen and oxygen atoms in total. The molecule has 1 amide bonds. The molecule has 1 saturated heterocycles. The average Bonchev–Trinajstić information content (AvgIpc) is 2.63. The summed E-state index contributed by atoms with van der Waals surface area (Å²) >= 11 is 0. The van der Waals surface area contributed by atoms with Gasteiger partial charge in [0.1, 0.15) is 18.3 Å². The number of aliphatic hydroxyl groups is 3. The molecule has 21 heavy (non-hydrogen) atoms. The first-order chi connectivity index (χ1) is 9.81. The van der Waals surface area contributed by atoms with Gasteiger partial charge in [0, 0.05) is 12.3 Å². The van der Waals surface area contributed by atoms with Gasteiger partial charge in [-0.15, -0.1) is 0 Å². The number of rotatable bonds is 4. The van der Waals surface area contributed by atoms with Crippen LogP contribution in [0.5, 0.6) is 0 Å². The molecule has 0 bridgehead atoms. The Kier molecular flexibility index (Phi) is 3.96. The molecule has 0 aromatic carbocycles. The van der Waals surface area contributed by atoms with Crippen LogP contribution in [0, 0.1) is 0 Å². The fourth-order valence-corrected chi connectivity index (χ4v) is 2.41. The van der Waals surface area contributed by atoms with Crippen molar-refractivity contribution in [2.45, 2.75) is 30.5 Å². The molecule has 0 radical (unpaired) electrons. The van der Waals surface area contributed by atoms with Crippen molar-refractivity contribution in [2.75, 3.05) is 6.61 Å². The van der Waals surface area contributed by atoms with Crippen molar-refractivity contribution in [3.05, 3.63) is 33.1 Å². The molecule has 0 spiro atoms. The van der Waals surface area contributed by atoms with Crippen LogP contribution < -0.4 is 17.0 Å². The van der Waals surface area contributed by atoms with Gasteiger partial charge in [-0.1, -0.05) is 0 Å². The highest BCUT2D eigenvalue weighted by molar-refractivity contribution is 5.74. The predicted molar refractivity (Wildman–Crippen MR) is 67.1 cm³/mol. The minimum Gasteiger partial charge on any atom is -0.394 e. The summed E-state index contributed by atoms with van der Waals surface area (Å²) in [7, 11) is 0. The van der Waals surface area contributed by atoms with Gasteiger partial charge in [0.15, 0.2) is 5.72 Å². The summed E-state index contributed by atoms with van der Waals surface area (Å²) in [5.41, 5.74) is 1.47. The minimum atomic E-state index is -2.00. The van der Waals surface area contributed by atoms with Crippen LogP contribution in [0.15, 0.2) is 21.9 Å². The summed E-state index contributed by atoms with van der Waals surface area (Å²) in [5.74, 6) is -0.905. The van der Waals surface area contributed by atoms with E-state index in [2.05, 4.69) is 0 Å². The normalized spacial score (nSPS) is 32.2. The molecule has 0 aliphatic carbocycles. The van der Waals surface area contributed by atoms with E-state index in [9.17, 15) is 24.6 Å². The standard InChI is InChI=1S/C11H15N3O7/c12-6(16)3-11(9(19)8(18)5(4-15)21-11)14-2-1-7(17)13-10(14)20/h1-2,5,8-9,15,18-19H,3-4H2,(H2,12,16)(H,13,17,20)/t5-,8-,9-,11-/m1/s1. The third-order valence-electron chi connectivity index (χ3n) is 3.36. The molecule has 6 N–H and O–H groups in total. The molecule has 1 fully saturated rings. The summed E-state index contributed by atoms with van der Waals surface area (Å²) in [5, 5.41) is 29.1. The van der Waals surface area contributed by atoms with E-state index in [0.29, 0.717) is 0 Å². The smallest absolute Gasteiger partial charge is 0.330 e. The number of ether oxygens (including phenoxy) is 1. The second-order valence-electron chi connectivity index (χ2n) is 4.74. The maximum Gasteiger partial charge on any atom is 0.330 e. The fraction of sp³-hybridized carbons (Fsp3) is 0.545. The van der Waals surface area contributed by atoms with Gasteiger partial charge in [-0.2, -0.15) is 0 Å². The molecule has 4 atom stereocenters. The lowest BCUT2D eigenvalue weighted by atomic mass is 9.98. The summed E-state index contributed by atoms with van der Waals surface area (Å²) < 4.78 is 6.10. The summed E-state index contributed by atoms with van der Waals surface area (Å²) in [6, 6.07) is 0.985. The summed E-state index contributed by atoms with van der Waals surface area (Å²) in [6.07, 6.45) is -4.06. The Morgan fingerprint density at radius 1 is 1.48 bits per heavy atom. The van der Waals surface area contributed by atoms with Crippen molar-refractivity contribution in [3.63, 3.8) is 0 Å². The molecule has 2 heterocycles. The SMILES string of the molecule is NC(=O)C[C@@]1(n2ccc(=O)[nH]c2=O)O[C@H](CO)[C@@H](O)[C@H]1O. The number of hydrogen-bond donors (Lipinski definition) is 5. The minimum absolute atomic E-state index is 0.631. The lowest BCUT2D eigenvalue weighted by Crippen LogP contribution is -2.53. The topological polar surface area (TPSA) is 168 Å². The van der Waals surface area contributed by atoms with Crippen LogP contribution in [-0.2, 0) is 15.3 Å². The second-order valence-corrected chi connectivity index (χ2v) is 4.74. The molecule has 1 aliphatic heterocycles. The van der Waals surface area contributed by atoms with E-state index in [-0.39, 0.29) is 0 Å². The highest BCUT2D eigenvalue weighted by Crippen LogP contribution is 2.37. The average molecular weight is 301 g/mol. The Morgan fingerprint density at radius 3 is 2.62 bits per heavy atom. The van der Waals surface area contributed by atoms with Crippen molar-refractivity contribution in [1.82, 2.24) is 9.55 Å². The van der Waals surface area contributed by atoms with Gasteiger partial charge in [-0.05, 0) is 0 Å². The number of H-pyrrole nitrogens is 1.